The van der Waals surface area contributed by atoms with E-state index >= 15 is 0 Å². The van der Waals surface area contributed by atoms with Crippen molar-refractivity contribution < 1.29 is 13.3 Å². The molecule has 1 saturated heterocycles. The van der Waals surface area contributed by atoms with Crippen molar-refractivity contribution in [1.29, 1.82) is 0 Å². The first kappa shape index (κ1) is 17.3. The minimum atomic E-state index is -3.93. The number of rotatable bonds is 4. The normalized spacial score (nSPS) is 16.0. The Balaban J connectivity index is 1.85. The van der Waals surface area contributed by atoms with Crippen molar-refractivity contribution in [2.75, 3.05) is 31.1 Å². The van der Waals surface area contributed by atoms with Crippen LogP contribution in [0.25, 0.3) is 0 Å². The van der Waals surface area contributed by atoms with Gasteiger partial charge < -0.3 is 4.90 Å². The van der Waals surface area contributed by atoms with Crippen LogP contribution in [0.4, 0.5) is 11.5 Å². The third kappa shape index (κ3) is 3.33. The van der Waals surface area contributed by atoms with E-state index in [4.69, 9.17) is 0 Å². The van der Waals surface area contributed by atoms with E-state index in [1.807, 2.05) is 23.1 Å². The van der Waals surface area contributed by atoms with Crippen molar-refractivity contribution in [3.8, 4) is 0 Å². The van der Waals surface area contributed by atoms with Gasteiger partial charge >= 0.3 is 0 Å². The third-order valence-electron chi connectivity index (χ3n) is 4.20. The predicted octanol–water partition coefficient (Wildman–Crippen LogP) is 1.81. The summed E-state index contributed by atoms with van der Waals surface area (Å²) in [5.41, 5.74) is -0.00601. The van der Waals surface area contributed by atoms with E-state index < -0.39 is 14.9 Å². The number of hydrogen-bond acceptors (Lipinski definition) is 6. The second kappa shape index (κ2) is 6.77. The quantitative estimate of drug-likeness (QED) is 0.608. The molecule has 3 rings (SSSR count). The number of nitro groups is 1. The SMILES string of the molecule is Cc1cccc([N+](=O)[O-])c1S(=O)(=O)N1CCN(c2ccccn2)CC1. The molecule has 0 bridgehead atoms. The van der Waals surface area contributed by atoms with Crippen molar-refractivity contribution >= 4 is 21.5 Å². The molecule has 8 nitrogen and oxygen atoms in total. The fraction of sp³-hybridized carbons (Fsp3) is 0.312. The van der Waals surface area contributed by atoms with E-state index in [1.165, 1.54) is 16.4 Å². The zero-order valence-corrected chi connectivity index (χ0v) is 14.5. The van der Waals surface area contributed by atoms with Crippen LogP contribution in [0.1, 0.15) is 5.56 Å². The summed E-state index contributed by atoms with van der Waals surface area (Å²) in [6, 6.07) is 9.86. The molecule has 0 aliphatic carbocycles. The number of benzene rings is 1. The molecule has 132 valence electrons. The van der Waals surface area contributed by atoms with Crippen LogP contribution in [0.2, 0.25) is 0 Å². The molecule has 0 N–H and O–H groups in total. The number of nitrogens with zero attached hydrogens (tertiary/aromatic N) is 4. The number of anilines is 1. The number of aromatic nitrogens is 1. The second-order valence-electron chi connectivity index (χ2n) is 5.76. The predicted molar refractivity (Wildman–Crippen MR) is 93.0 cm³/mol. The molecule has 25 heavy (non-hydrogen) atoms. The smallest absolute Gasteiger partial charge is 0.289 e. The maximum Gasteiger partial charge on any atom is 0.289 e. The molecule has 1 aromatic heterocycles. The van der Waals surface area contributed by atoms with Gasteiger partial charge in [-0.1, -0.05) is 18.2 Å². The molecule has 1 fully saturated rings. The first-order valence-electron chi connectivity index (χ1n) is 7.81. The van der Waals surface area contributed by atoms with Gasteiger partial charge in [-0.15, -0.1) is 0 Å². The lowest BCUT2D eigenvalue weighted by molar-refractivity contribution is -0.387. The standard InChI is InChI=1S/C16H18N4O4S/c1-13-5-4-6-14(20(21)22)16(13)25(23,24)19-11-9-18(10-12-19)15-7-2-3-8-17-15/h2-8H,9-12H2,1H3. The van der Waals surface area contributed by atoms with Gasteiger partial charge in [0, 0.05) is 38.4 Å². The van der Waals surface area contributed by atoms with E-state index in [2.05, 4.69) is 4.98 Å². The Bertz CT molecular complexity index is 878. The summed E-state index contributed by atoms with van der Waals surface area (Å²) in [6.07, 6.45) is 1.69. The number of sulfonamides is 1. The summed E-state index contributed by atoms with van der Waals surface area (Å²) in [6.45, 7) is 3.05. The van der Waals surface area contributed by atoms with Crippen molar-refractivity contribution in [2.24, 2.45) is 0 Å². The Morgan fingerprint density at radius 1 is 1.08 bits per heavy atom. The van der Waals surface area contributed by atoms with E-state index in [-0.39, 0.29) is 23.7 Å². The van der Waals surface area contributed by atoms with Crippen LogP contribution in [-0.4, -0.2) is 48.8 Å². The van der Waals surface area contributed by atoms with Gasteiger partial charge in [0.05, 0.1) is 4.92 Å². The van der Waals surface area contributed by atoms with E-state index in [0.29, 0.717) is 18.7 Å². The molecular weight excluding hydrogens is 344 g/mol. The summed E-state index contributed by atoms with van der Waals surface area (Å²) >= 11 is 0. The largest absolute Gasteiger partial charge is 0.354 e. The van der Waals surface area contributed by atoms with Crippen LogP contribution >= 0.6 is 0 Å². The summed E-state index contributed by atoms with van der Waals surface area (Å²) < 4.78 is 27.2. The maximum atomic E-state index is 13.0. The van der Waals surface area contributed by atoms with Crippen molar-refractivity contribution in [3.05, 3.63) is 58.3 Å². The lowest BCUT2D eigenvalue weighted by atomic mass is 10.2. The highest BCUT2D eigenvalue weighted by Crippen LogP contribution is 2.30. The van der Waals surface area contributed by atoms with Crippen LogP contribution in [-0.2, 0) is 10.0 Å². The maximum absolute atomic E-state index is 13.0. The van der Waals surface area contributed by atoms with Gasteiger partial charge in [0.1, 0.15) is 5.82 Å². The number of nitro benzene ring substituents is 1. The molecule has 1 aromatic carbocycles. The van der Waals surface area contributed by atoms with Crippen LogP contribution in [0, 0.1) is 17.0 Å². The number of hydrogen-bond donors (Lipinski definition) is 0. The summed E-state index contributed by atoms with van der Waals surface area (Å²) in [4.78, 5) is 16.6. The third-order valence-corrected chi connectivity index (χ3v) is 6.29. The summed E-state index contributed by atoms with van der Waals surface area (Å²) in [7, 11) is -3.93. The van der Waals surface area contributed by atoms with Gasteiger partial charge in [-0.2, -0.15) is 4.31 Å². The van der Waals surface area contributed by atoms with Crippen LogP contribution in [0.3, 0.4) is 0 Å². The fourth-order valence-electron chi connectivity index (χ4n) is 2.94. The summed E-state index contributed by atoms with van der Waals surface area (Å²) in [5, 5.41) is 11.2. The Morgan fingerprint density at radius 3 is 2.40 bits per heavy atom. The summed E-state index contributed by atoms with van der Waals surface area (Å²) in [5.74, 6) is 0.793. The molecule has 0 saturated carbocycles. The van der Waals surface area contributed by atoms with Crippen LogP contribution in [0.5, 0.6) is 0 Å². The average molecular weight is 362 g/mol. The minimum absolute atomic E-state index is 0.216. The first-order valence-corrected chi connectivity index (χ1v) is 9.25. The first-order chi connectivity index (χ1) is 11.9. The highest BCUT2D eigenvalue weighted by molar-refractivity contribution is 7.89. The second-order valence-corrected chi connectivity index (χ2v) is 7.63. The van der Waals surface area contributed by atoms with E-state index in [9.17, 15) is 18.5 Å². The van der Waals surface area contributed by atoms with E-state index in [1.54, 1.807) is 19.2 Å². The van der Waals surface area contributed by atoms with Gasteiger partial charge in [-0.25, -0.2) is 13.4 Å². The zero-order valence-electron chi connectivity index (χ0n) is 13.7. The average Bonchev–Trinajstić information content (AvgIpc) is 2.62. The number of piperazine rings is 1. The molecule has 9 heteroatoms. The number of pyridine rings is 1. The molecule has 0 radical (unpaired) electrons. The van der Waals surface area contributed by atoms with Gasteiger partial charge in [0.15, 0.2) is 4.90 Å². The van der Waals surface area contributed by atoms with Crippen molar-refractivity contribution in [2.45, 2.75) is 11.8 Å². The zero-order chi connectivity index (χ0) is 18.0. The molecule has 0 unspecified atom stereocenters. The molecule has 0 atom stereocenters. The van der Waals surface area contributed by atoms with Gasteiger partial charge in [-0.05, 0) is 24.6 Å². The van der Waals surface area contributed by atoms with Gasteiger partial charge in [0.2, 0.25) is 10.0 Å². The highest BCUT2D eigenvalue weighted by Gasteiger charge is 2.35. The van der Waals surface area contributed by atoms with Gasteiger partial charge in [0.25, 0.3) is 5.69 Å². The Hall–Kier alpha value is -2.52. The topological polar surface area (TPSA) is 96.6 Å². The van der Waals surface area contributed by atoms with Crippen molar-refractivity contribution in [3.63, 3.8) is 0 Å². The van der Waals surface area contributed by atoms with Gasteiger partial charge in [-0.3, -0.25) is 10.1 Å². The monoisotopic (exact) mass is 362 g/mol. The molecule has 2 aromatic rings. The van der Waals surface area contributed by atoms with Crippen LogP contribution in [0.15, 0.2) is 47.5 Å². The lowest BCUT2D eigenvalue weighted by Crippen LogP contribution is -2.49. The Labute approximate surface area is 145 Å². The van der Waals surface area contributed by atoms with Crippen LogP contribution < -0.4 is 4.90 Å². The lowest BCUT2D eigenvalue weighted by Gasteiger charge is -2.34. The molecule has 0 spiro atoms. The molecule has 0 amide bonds. The molecule has 1 aliphatic rings. The minimum Gasteiger partial charge on any atom is -0.354 e. The Morgan fingerprint density at radius 2 is 1.80 bits per heavy atom. The Kier molecular flexibility index (Phi) is 4.69. The highest BCUT2D eigenvalue weighted by atomic mass is 32.2. The van der Waals surface area contributed by atoms with Crippen molar-refractivity contribution in [1.82, 2.24) is 9.29 Å². The van der Waals surface area contributed by atoms with E-state index in [0.717, 1.165) is 5.82 Å². The number of aryl methyl sites for hydroxylation is 1. The fourth-order valence-corrected chi connectivity index (χ4v) is 4.73. The molecule has 1 aliphatic heterocycles. The molecule has 2 heterocycles. The molecular formula is C16H18N4O4S.